The van der Waals surface area contributed by atoms with Gasteiger partial charge in [-0.3, -0.25) is 4.99 Å². The standard InChI is InChI=1S/C13H19NO3/c1-17-12-5-6-13(16)11(9-12)10-14-7-3-2-4-8-15/h5-6,9-10,15-16H,2-4,7-8H2,1H3. The van der Waals surface area contributed by atoms with Gasteiger partial charge in [-0.2, -0.15) is 0 Å². The Bertz CT molecular complexity index is 364. The van der Waals surface area contributed by atoms with Gasteiger partial charge in [0.05, 0.1) is 7.11 Å². The van der Waals surface area contributed by atoms with Crippen molar-refractivity contribution >= 4 is 6.21 Å². The summed E-state index contributed by atoms with van der Waals surface area (Å²) >= 11 is 0. The second kappa shape index (κ2) is 7.68. The maximum absolute atomic E-state index is 9.59. The first-order valence-electron chi connectivity index (χ1n) is 5.75. The van der Waals surface area contributed by atoms with Crippen molar-refractivity contribution in [3.63, 3.8) is 0 Å². The van der Waals surface area contributed by atoms with Gasteiger partial charge in [0.2, 0.25) is 0 Å². The fourth-order valence-corrected chi connectivity index (χ4v) is 1.42. The van der Waals surface area contributed by atoms with Gasteiger partial charge < -0.3 is 14.9 Å². The van der Waals surface area contributed by atoms with Gasteiger partial charge in [0.25, 0.3) is 0 Å². The van der Waals surface area contributed by atoms with Crippen LogP contribution >= 0.6 is 0 Å². The van der Waals surface area contributed by atoms with Crippen molar-refractivity contribution in [1.29, 1.82) is 0 Å². The fraction of sp³-hybridized carbons (Fsp3) is 0.462. The molecule has 4 heteroatoms. The maximum atomic E-state index is 9.59. The van der Waals surface area contributed by atoms with Gasteiger partial charge in [-0.15, -0.1) is 0 Å². The number of aliphatic imine (C=N–C) groups is 1. The first-order chi connectivity index (χ1) is 8.27. The Morgan fingerprint density at radius 3 is 2.82 bits per heavy atom. The molecule has 0 aliphatic heterocycles. The lowest BCUT2D eigenvalue weighted by Gasteiger charge is -2.02. The van der Waals surface area contributed by atoms with Crippen molar-refractivity contribution < 1.29 is 14.9 Å². The molecule has 17 heavy (non-hydrogen) atoms. The van der Waals surface area contributed by atoms with Crippen LogP contribution in [-0.4, -0.2) is 36.7 Å². The Hall–Kier alpha value is -1.55. The highest BCUT2D eigenvalue weighted by molar-refractivity contribution is 5.84. The predicted octanol–water partition coefficient (Wildman–Crippen LogP) is 1.98. The molecular formula is C13H19NO3. The van der Waals surface area contributed by atoms with Crippen LogP contribution < -0.4 is 4.74 Å². The summed E-state index contributed by atoms with van der Waals surface area (Å²) in [6.45, 7) is 0.942. The number of nitrogens with zero attached hydrogens (tertiary/aromatic N) is 1. The second-order valence-corrected chi connectivity index (χ2v) is 3.74. The number of phenols is 1. The topological polar surface area (TPSA) is 62.0 Å². The lowest BCUT2D eigenvalue weighted by molar-refractivity contribution is 0.283. The van der Waals surface area contributed by atoms with E-state index in [-0.39, 0.29) is 12.4 Å². The monoisotopic (exact) mass is 237 g/mol. The third kappa shape index (κ3) is 4.87. The molecule has 0 heterocycles. The van der Waals surface area contributed by atoms with Crippen LogP contribution in [0.5, 0.6) is 11.5 Å². The van der Waals surface area contributed by atoms with Crippen molar-refractivity contribution in [2.75, 3.05) is 20.3 Å². The van der Waals surface area contributed by atoms with Gasteiger partial charge in [-0.25, -0.2) is 0 Å². The van der Waals surface area contributed by atoms with E-state index in [2.05, 4.69) is 4.99 Å². The van der Waals surface area contributed by atoms with Gasteiger partial charge in [0, 0.05) is 24.9 Å². The zero-order valence-electron chi connectivity index (χ0n) is 10.1. The van der Waals surface area contributed by atoms with Crippen LogP contribution in [-0.2, 0) is 0 Å². The molecule has 0 spiro atoms. The molecule has 2 N–H and O–H groups in total. The number of methoxy groups -OCH3 is 1. The SMILES string of the molecule is COc1ccc(O)c(C=NCCCCCO)c1. The number of aliphatic hydroxyl groups is 1. The summed E-state index contributed by atoms with van der Waals surface area (Å²) in [6, 6.07) is 5.03. The lowest BCUT2D eigenvalue weighted by atomic mass is 10.2. The summed E-state index contributed by atoms with van der Waals surface area (Å²) in [5.74, 6) is 0.898. The molecule has 0 aliphatic rings. The predicted molar refractivity (Wildman–Crippen MR) is 68.1 cm³/mol. The largest absolute Gasteiger partial charge is 0.507 e. The van der Waals surface area contributed by atoms with E-state index >= 15 is 0 Å². The molecular weight excluding hydrogens is 218 g/mol. The summed E-state index contributed by atoms with van der Waals surface area (Å²) < 4.78 is 5.07. The number of phenolic OH excluding ortho intramolecular Hbond substituents is 1. The maximum Gasteiger partial charge on any atom is 0.124 e. The van der Waals surface area contributed by atoms with Crippen molar-refractivity contribution in [2.24, 2.45) is 4.99 Å². The molecule has 0 amide bonds. The molecule has 0 bridgehead atoms. The van der Waals surface area contributed by atoms with E-state index in [9.17, 15) is 5.11 Å². The van der Waals surface area contributed by atoms with E-state index in [1.807, 2.05) is 0 Å². The van der Waals surface area contributed by atoms with Crippen LogP contribution in [0.15, 0.2) is 23.2 Å². The van der Waals surface area contributed by atoms with Crippen LogP contribution in [0, 0.1) is 0 Å². The molecule has 0 fully saturated rings. The molecule has 4 nitrogen and oxygen atoms in total. The van der Waals surface area contributed by atoms with Gasteiger partial charge in [-0.05, 0) is 37.5 Å². The smallest absolute Gasteiger partial charge is 0.124 e. The van der Waals surface area contributed by atoms with Crippen molar-refractivity contribution in [1.82, 2.24) is 0 Å². The van der Waals surface area contributed by atoms with Gasteiger partial charge >= 0.3 is 0 Å². The normalized spacial score (nSPS) is 10.9. The highest BCUT2D eigenvalue weighted by Gasteiger charge is 1.99. The van der Waals surface area contributed by atoms with Gasteiger partial charge in [0.1, 0.15) is 11.5 Å². The average molecular weight is 237 g/mol. The summed E-state index contributed by atoms with van der Waals surface area (Å²) in [7, 11) is 1.59. The Morgan fingerprint density at radius 2 is 2.12 bits per heavy atom. The van der Waals surface area contributed by atoms with Crippen LogP contribution in [0.1, 0.15) is 24.8 Å². The number of hydrogen-bond donors (Lipinski definition) is 2. The van der Waals surface area contributed by atoms with E-state index in [1.165, 1.54) is 0 Å². The van der Waals surface area contributed by atoms with E-state index in [0.717, 1.165) is 19.3 Å². The third-order valence-electron chi connectivity index (χ3n) is 2.41. The van der Waals surface area contributed by atoms with Gasteiger partial charge in [-0.1, -0.05) is 0 Å². The van der Waals surface area contributed by atoms with E-state index < -0.39 is 0 Å². The number of hydrogen-bond acceptors (Lipinski definition) is 4. The van der Waals surface area contributed by atoms with Crippen LogP contribution in [0.25, 0.3) is 0 Å². The number of rotatable bonds is 7. The van der Waals surface area contributed by atoms with Crippen molar-refractivity contribution in [3.8, 4) is 11.5 Å². The first-order valence-corrected chi connectivity index (χ1v) is 5.75. The van der Waals surface area contributed by atoms with Gasteiger partial charge in [0.15, 0.2) is 0 Å². The van der Waals surface area contributed by atoms with E-state index in [4.69, 9.17) is 9.84 Å². The molecule has 1 rings (SSSR count). The molecule has 0 saturated heterocycles. The van der Waals surface area contributed by atoms with E-state index in [1.54, 1.807) is 31.5 Å². The van der Waals surface area contributed by atoms with E-state index in [0.29, 0.717) is 17.9 Å². The zero-order chi connectivity index (χ0) is 12.5. The molecule has 1 aromatic carbocycles. The second-order valence-electron chi connectivity index (χ2n) is 3.74. The minimum absolute atomic E-state index is 0.199. The van der Waals surface area contributed by atoms with Crippen LogP contribution in [0.2, 0.25) is 0 Å². The lowest BCUT2D eigenvalue weighted by Crippen LogP contribution is -1.90. The number of aromatic hydroxyl groups is 1. The first kappa shape index (κ1) is 13.5. The summed E-state index contributed by atoms with van der Waals surface area (Å²) in [5.41, 5.74) is 0.659. The fourth-order valence-electron chi connectivity index (χ4n) is 1.42. The summed E-state index contributed by atoms with van der Waals surface area (Å²) in [6.07, 6.45) is 4.39. The van der Waals surface area contributed by atoms with Crippen molar-refractivity contribution in [3.05, 3.63) is 23.8 Å². The number of benzene rings is 1. The van der Waals surface area contributed by atoms with Crippen LogP contribution in [0.4, 0.5) is 0 Å². The highest BCUT2D eigenvalue weighted by Crippen LogP contribution is 2.21. The number of ether oxygens (including phenoxy) is 1. The minimum atomic E-state index is 0.199. The molecule has 0 unspecified atom stereocenters. The Balaban J connectivity index is 2.46. The zero-order valence-corrected chi connectivity index (χ0v) is 10.1. The number of aliphatic hydroxyl groups excluding tert-OH is 1. The third-order valence-corrected chi connectivity index (χ3v) is 2.41. The molecule has 94 valence electrons. The Morgan fingerprint density at radius 1 is 1.29 bits per heavy atom. The minimum Gasteiger partial charge on any atom is -0.507 e. The molecule has 0 aliphatic carbocycles. The molecule has 1 aromatic rings. The quantitative estimate of drug-likeness (QED) is 0.563. The molecule has 0 aromatic heterocycles. The highest BCUT2D eigenvalue weighted by atomic mass is 16.5. The molecule has 0 radical (unpaired) electrons. The van der Waals surface area contributed by atoms with Crippen LogP contribution in [0.3, 0.4) is 0 Å². The van der Waals surface area contributed by atoms with Crippen molar-refractivity contribution in [2.45, 2.75) is 19.3 Å². The summed E-state index contributed by atoms with van der Waals surface area (Å²) in [4.78, 5) is 4.23. The average Bonchev–Trinajstić information content (AvgIpc) is 2.35. The summed E-state index contributed by atoms with van der Waals surface area (Å²) in [5, 5.41) is 18.2. The molecule has 0 atom stereocenters. The number of unbranched alkanes of at least 4 members (excludes halogenated alkanes) is 2. The molecule has 0 saturated carbocycles. The Kier molecular flexibility index (Phi) is 6.10. The Labute approximate surface area is 102 Å².